The minimum atomic E-state index is -2.39. The molecule has 0 saturated carbocycles. The topological polar surface area (TPSA) is 143 Å². The maximum atomic E-state index is 14.2. The van der Waals surface area contributed by atoms with Crippen molar-refractivity contribution in [3.05, 3.63) is 85.7 Å². The van der Waals surface area contributed by atoms with E-state index in [1.165, 1.54) is 28.1 Å². The molecule has 266 valence electrons. The molecule has 0 unspecified atom stereocenters. The van der Waals surface area contributed by atoms with Crippen LogP contribution in [0, 0.1) is 40.4 Å². The van der Waals surface area contributed by atoms with Crippen molar-refractivity contribution in [3.63, 3.8) is 0 Å². The van der Waals surface area contributed by atoms with Gasteiger partial charge in [-0.05, 0) is 39.8 Å². The lowest BCUT2D eigenvalue weighted by molar-refractivity contribution is -0.142. The summed E-state index contributed by atoms with van der Waals surface area (Å²) in [5.41, 5.74) is -1.14. The van der Waals surface area contributed by atoms with Gasteiger partial charge in [-0.1, -0.05) is 0 Å². The Morgan fingerprint density at radius 2 is 1.29 bits per heavy atom. The molecule has 1 aromatic rings. The third kappa shape index (κ3) is 5.09. The molecule has 5 atom stereocenters. The molecule has 16 heteroatoms. The van der Waals surface area contributed by atoms with Gasteiger partial charge >= 0.3 is 5.97 Å². The van der Waals surface area contributed by atoms with Crippen molar-refractivity contribution < 1.29 is 60.1 Å². The summed E-state index contributed by atoms with van der Waals surface area (Å²) in [4.78, 5) is 71.4. The smallest absolute Gasteiger partial charge is 0.330 e. The Morgan fingerprint density at radius 3 is 1.82 bits per heavy atom. The third-order valence-corrected chi connectivity index (χ3v) is 10.2. The first-order valence-corrected chi connectivity index (χ1v) is 15.5. The SMILES string of the molecule is COC1=C(C)C(=O)C2=C(C1=O)[C@H]1[C@@H]3CC4=C(C(=O)C(OC)=C(C)C4=O)[C@H](COC(=O)/C=C/c4c(F)c(F)c(F)c(F)c4F)N3[C@@H](C#N)[C@H](C2)N1C. The van der Waals surface area contributed by atoms with E-state index in [1.807, 2.05) is 0 Å². The highest BCUT2D eigenvalue weighted by atomic mass is 19.2. The number of likely N-dealkylation sites (N-methyl/N-ethyl adjacent to an activating group) is 1. The molecule has 2 bridgehead atoms. The van der Waals surface area contributed by atoms with Crippen LogP contribution in [-0.4, -0.2) is 97.0 Å². The van der Waals surface area contributed by atoms with Crippen molar-refractivity contribution in [1.82, 2.24) is 9.80 Å². The lowest BCUT2D eigenvalue weighted by Crippen LogP contribution is -2.74. The van der Waals surface area contributed by atoms with Gasteiger partial charge in [0.05, 0.1) is 37.9 Å². The number of esters is 1. The number of hydrogen-bond acceptors (Lipinski definition) is 11. The molecule has 3 heterocycles. The maximum Gasteiger partial charge on any atom is 0.330 e. The van der Waals surface area contributed by atoms with Crippen molar-refractivity contribution in [1.29, 1.82) is 5.26 Å². The summed E-state index contributed by atoms with van der Waals surface area (Å²) in [6.07, 6.45) is 0.540. The van der Waals surface area contributed by atoms with Crippen molar-refractivity contribution in [2.75, 3.05) is 27.9 Å². The Bertz CT molecular complexity index is 2050. The molecule has 1 saturated heterocycles. The molecular weight excluding hydrogens is 685 g/mol. The molecule has 51 heavy (non-hydrogen) atoms. The van der Waals surface area contributed by atoms with Gasteiger partial charge in [-0.25, -0.2) is 26.7 Å². The van der Waals surface area contributed by atoms with Crippen LogP contribution in [0.3, 0.4) is 0 Å². The molecule has 5 aliphatic rings. The molecule has 1 fully saturated rings. The predicted octanol–water partition coefficient (Wildman–Crippen LogP) is 3.10. The second-order valence-electron chi connectivity index (χ2n) is 12.6. The standard InChI is InChI=1S/C35H28F5N3O8/c1-12-30(45)15-9-18-29-23-16(31(46)13(2)35(50-5)33(23)48)8-17(42(29)3)19(10-41)43(18)20(22(15)32(47)34(12)49-4)11-51-21(44)7-6-14-24(36)26(38)28(40)27(39)25(14)37/h6-7,17-20,29H,8-9,11H2,1-5H3/b7-6+/t17-,18-,19-,20-,29+/m0/s1. The Kier molecular flexibility index (Phi) is 8.93. The number of ketones is 4. The maximum absolute atomic E-state index is 14.2. The van der Waals surface area contributed by atoms with Crippen LogP contribution in [0.25, 0.3) is 6.08 Å². The Morgan fingerprint density at radius 1 is 0.804 bits per heavy atom. The van der Waals surface area contributed by atoms with E-state index in [0.717, 1.165) is 0 Å². The number of nitriles is 1. The average Bonchev–Trinajstić information content (AvgIpc) is 3.10. The largest absolute Gasteiger partial charge is 0.492 e. The summed E-state index contributed by atoms with van der Waals surface area (Å²) in [6, 6.07) is -2.78. The van der Waals surface area contributed by atoms with Gasteiger partial charge in [-0.3, -0.25) is 29.0 Å². The van der Waals surface area contributed by atoms with E-state index < -0.39 is 101 Å². The zero-order chi connectivity index (χ0) is 37.4. The molecule has 2 aliphatic carbocycles. The number of piperazine rings is 1. The van der Waals surface area contributed by atoms with Gasteiger partial charge in [0.25, 0.3) is 0 Å². The molecule has 0 amide bonds. The van der Waals surface area contributed by atoms with E-state index in [-0.39, 0.29) is 57.8 Å². The number of hydrogen-bond donors (Lipinski definition) is 0. The average molecular weight is 714 g/mol. The summed E-state index contributed by atoms with van der Waals surface area (Å²) >= 11 is 0. The molecule has 0 spiro atoms. The van der Waals surface area contributed by atoms with Crippen LogP contribution in [0.1, 0.15) is 32.3 Å². The minimum Gasteiger partial charge on any atom is -0.492 e. The number of fused-ring (bicyclic) bond motifs is 5. The molecule has 3 aliphatic heterocycles. The molecule has 0 radical (unpaired) electrons. The highest BCUT2D eigenvalue weighted by Crippen LogP contribution is 2.49. The number of Topliss-reactive ketones (excluding diaryl/α,β-unsaturated/α-hetero) is 4. The van der Waals surface area contributed by atoms with E-state index in [2.05, 4.69) is 6.07 Å². The van der Waals surface area contributed by atoms with E-state index >= 15 is 0 Å². The fourth-order valence-corrected chi connectivity index (χ4v) is 7.91. The van der Waals surface area contributed by atoms with Crippen LogP contribution in [0.2, 0.25) is 0 Å². The molecule has 0 aromatic heterocycles. The molecular formula is C35H28F5N3O8. The number of rotatable bonds is 6. The molecule has 0 N–H and O–H groups in total. The first-order chi connectivity index (χ1) is 24.1. The number of allylic oxidation sites excluding steroid dienone is 4. The zero-order valence-electron chi connectivity index (χ0n) is 27.7. The number of benzene rings is 1. The van der Waals surface area contributed by atoms with E-state index in [1.54, 1.807) is 16.8 Å². The summed E-state index contributed by atoms with van der Waals surface area (Å²) in [6.45, 7) is 2.11. The number of carbonyl (C=O) groups excluding carboxylic acids is 5. The molecule has 6 rings (SSSR count). The summed E-state index contributed by atoms with van der Waals surface area (Å²) in [7, 11) is 4.10. The Labute approximate surface area is 286 Å². The van der Waals surface area contributed by atoms with Crippen molar-refractivity contribution in [3.8, 4) is 6.07 Å². The minimum absolute atomic E-state index is 0.00193. The number of methoxy groups -OCH3 is 2. The Balaban J connectivity index is 1.44. The van der Waals surface area contributed by atoms with Gasteiger partial charge < -0.3 is 14.2 Å². The lowest BCUT2D eigenvalue weighted by atomic mass is 9.67. The zero-order valence-corrected chi connectivity index (χ0v) is 27.7. The van der Waals surface area contributed by atoms with Crippen LogP contribution >= 0.6 is 0 Å². The Hall–Kier alpha value is -5.27. The summed E-state index contributed by atoms with van der Waals surface area (Å²) in [5, 5.41) is 10.6. The van der Waals surface area contributed by atoms with Crippen LogP contribution in [0.15, 0.2) is 51.0 Å². The highest BCUT2D eigenvalue weighted by molar-refractivity contribution is 6.26. The van der Waals surface area contributed by atoms with Gasteiger partial charge in [-0.2, -0.15) is 5.26 Å². The van der Waals surface area contributed by atoms with Crippen LogP contribution < -0.4 is 0 Å². The summed E-state index contributed by atoms with van der Waals surface area (Å²) < 4.78 is 85.3. The second kappa shape index (κ2) is 12.8. The van der Waals surface area contributed by atoms with Crippen molar-refractivity contribution in [2.45, 2.75) is 56.9 Å². The van der Waals surface area contributed by atoms with Crippen LogP contribution in [-0.2, 0) is 38.2 Å². The van der Waals surface area contributed by atoms with E-state index in [0.29, 0.717) is 12.2 Å². The second-order valence-corrected chi connectivity index (χ2v) is 12.6. The fraction of sp³-hybridized carbons (Fsp3) is 0.371. The highest BCUT2D eigenvalue weighted by Gasteiger charge is 2.60. The monoisotopic (exact) mass is 713 g/mol. The number of nitrogens with zero attached hydrogens (tertiary/aromatic N) is 3. The fourth-order valence-electron chi connectivity index (χ4n) is 7.91. The van der Waals surface area contributed by atoms with Gasteiger partial charge in [0, 0.05) is 51.6 Å². The third-order valence-electron chi connectivity index (χ3n) is 10.2. The number of halogens is 5. The van der Waals surface area contributed by atoms with E-state index in [9.17, 15) is 51.2 Å². The normalized spacial score (nSPS) is 26.8. The lowest BCUT2D eigenvalue weighted by Gasteiger charge is -2.60. The number of carbonyl (C=O) groups is 5. The van der Waals surface area contributed by atoms with Crippen LogP contribution in [0.4, 0.5) is 22.0 Å². The molecule has 1 aromatic carbocycles. The molecule has 11 nitrogen and oxygen atoms in total. The number of ether oxygens (including phenoxy) is 3. The first kappa shape index (κ1) is 35.6. The predicted molar refractivity (Wildman–Crippen MR) is 163 cm³/mol. The quantitative estimate of drug-likeness (QED) is 0.107. The van der Waals surface area contributed by atoms with Gasteiger partial charge in [0.2, 0.25) is 17.4 Å². The van der Waals surface area contributed by atoms with Gasteiger partial charge in [0.1, 0.15) is 12.6 Å². The first-order valence-electron chi connectivity index (χ1n) is 15.5. The van der Waals surface area contributed by atoms with Crippen molar-refractivity contribution >= 4 is 35.2 Å². The van der Waals surface area contributed by atoms with Gasteiger partial charge in [-0.15, -0.1) is 0 Å². The van der Waals surface area contributed by atoms with Crippen molar-refractivity contribution in [2.24, 2.45) is 0 Å². The van der Waals surface area contributed by atoms with Gasteiger partial charge in [0.15, 0.2) is 46.4 Å². The van der Waals surface area contributed by atoms with Crippen LogP contribution in [0.5, 0.6) is 0 Å². The van der Waals surface area contributed by atoms with E-state index in [4.69, 9.17) is 14.2 Å². The summed E-state index contributed by atoms with van der Waals surface area (Å²) in [5.74, 6) is -15.3.